The van der Waals surface area contributed by atoms with Crippen LogP contribution in [-0.4, -0.2) is 36.0 Å². The maximum atomic E-state index is 11.8. The smallest absolute Gasteiger partial charge is 0.397 e. The van der Waals surface area contributed by atoms with E-state index in [1.54, 1.807) is 11.8 Å². The summed E-state index contributed by atoms with van der Waals surface area (Å²) in [5.74, 6) is -1.16. The van der Waals surface area contributed by atoms with Gasteiger partial charge < -0.3 is 9.64 Å². The molecule has 1 aliphatic heterocycles. The van der Waals surface area contributed by atoms with Gasteiger partial charge in [0.25, 0.3) is 0 Å². The van der Waals surface area contributed by atoms with E-state index in [9.17, 15) is 9.59 Å². The largest absolute Gasteiger partial charge is 0.459 e. The molecule has 92 valence electrons. The van der Waals surface area contributed by atoms with Gasteiger partial charge in [0.1, 0.15) is 0 Å². The Morgan fingerprint density at radius 1 is 1.31 bits per heavy atom. The monoisotopic (exact) mass is 227 g/mol. The summed E-state index contributed by atoms with van der Waals surface area (Å²) >= 11 is 0. The quantitative estimate of drug-likeness (QED) is 0.545. The average Bonchev–Trinajstić information content (AvgIpc) is 2.29. The summed E-state index contributed by atoms with van der Waals surface area (Å²) in [5.41, 5.74) is 0. The van der Waals surface area contributed by atoms with Gasteiger partial charge in [0, 0.05) is 12.6 Å². The van der Waals surface area contributed by atoms with Gasteiger partial charge in [0.05, 0.1) is 6.61 Å². The molecule has 1 fully saturated rings. The van der Waals surface area contributed by atoms with Gasteiger partial charge in [-0.05, 0) is 32.6 Å². The molecule has 4 nitrogen and oxygen atoms in total. The van der Waals surface area contributed by atoms with Crippen LogP contribution < -0.4 is 0 Å². The fourth-order valence-corrected chi connectivity index (χ4v) is 2.21. The van der Waals surface area contributed by atoms with Crippen LogP contribution in [0.5, 0.6) is 0 Å². The number of hydrogen-bond acceptors (Lipinski definition) is 3. The van der Waals surface area contributed by atoms with E-state index < -0.39 is 11.9 Å². The fraction of sp³-hybridized carbons (Fsp3) is 0.833. The van der Waals surface area contributed by atoms with E-state index in [-0.39, 0.29) is 12.6 Å². The first-order chi connectivity index (χ1) is 7.70. The Kier molecular flexibility index (Phi) is 5.29. The first-order valence-electron chi connectivity index (χ1n) is 6.18. The Hall–Kier alpha value is -1.06. The van der Waals surface area contributed by atoms with Gasteiger partial charge in [-0.3, -0.25) is 4.79 Å². The molecule has 0 N–H and O–H groups in total. The summed E-state index contributed by atoms with van der Waals surface area (Å²) in [7, 11) is 0. The summed E-state index contributed by atoms with van der Waals surface area (Å²) in [5, 5.41) is 0. The molecule has 1 atom stereocenters. The SMILES string of the molecule is CCCC1CCCCN1C(=O)C(=O)OCC. The van der Waals surface area contributed by atoms with Crippen LogP contribution in [0.3, 0.4) is 0 Å². The second-order valence-corrected chi connectivity index (χ2v) is 4.16. The third kappa shape index (κ3) is 3.22. The number of piperidine rings is 1. The lowest BCUT2D eigenvalue weighted by Gasteiger charge is -2.34. The molecule has 0 aromatic rings. The Bertz CT molecular complexity index is 251. The minimum atomic E-state index is -0.703. The molecule has 1 saturated heterocycles. The molecule has 1 heterocycles. The minimum Gasteiger partial charge on any atom is -0.459 e. The molecular formula is C12H21NO3. The molecular weight excluding hydrogens is 206 g/mol. The molecule has 1 amide bonds. The van der Waals surface area contributed by atoms with Gasteiger partial charge in [-0.2, -0.15) is 0 Å². The first kappa shape index (κ1) is 13.0. The number of nitrogens with zero attached hydrogens (tertiary/aromatic N) is 1. The zero-order valence-corrected chi connectivity index (χ0v) is 10.2. The van der Waals surface area contributed by atoms with Crippen LogP contribution in [0.25, 0.3) is 0 Å². The summed E-state index contributed by atoms with van der Waals surface area (Å²) in [4.78, 5) is 24.9. The summed E-state index contributed by atoms with van der Waals surface area (Å²) in [6.07, 6.45) is 5.17. The molecule has 1 rings (SSSR count). The maximum Gasteiger partial charge on any atom is 0.397 e. The van der Waals surface area contributed by atoms with Crippen molar-refractivity contribution in [3.05, 3.63) is 0 Å². The van der Waals surface area contributed by atoms with Gasteiger partial charge in [0.15, 0.2) is 0 Å². The molecule has 0 saturated carbocycles. The number of ether oxygens (including phenoxy) is 1. The highest BCUT2D eigenvalue weighted by atomic mass is 16.5. The van der Waals surface area contributed by atoms with Crippen molar-refractivity contribution in [1.82, 2.24) is 4.90 Å². The summed E-state index contributed by atoms with van der Waals surface area (Å²) in [6, 6.07) is 0.232. The summed E-state index contributed by atoms with van der Waals surface area (Å²) < 4.78 is 4.75. The molecule has 0 aromatic heterocycles. The number of hydrogen-bond donors (Lipinski definition) is 0. The second kappa shape index (κ2) is 6.51. The van der Waals surface area contributed by atoms with Crippen LogP contribution in [-0.2, 0) is 14.3 Å². The molecule has 1 unspecified atom stereocenters. The third-order valence-electron chi connectivity index (χ3n) is 2.96. The maximum absolute atomic E-state index is 11.8. The Morgan fingerprint density at radius 2 is 2.06 bits per heavy atom. The Balaban J connectivity index is 2.59. The molecule has 0 radical (unpaired) electrons. The van der Waals surface area contributed by atoms with Crippen molar-refractivity contribution in [3.63, 3.8) is 0 Å². The predicted molar refractivity (Wildman–Crippen MR) is 60.9 cm³/mol. The second-order valence-electron chi connectivity index (χ2n) is 4.16. The van der Waals surface area contributed by atoms with E-state index in [1.807, 2.05) is 0 Å². The van der Waals surface area contributed by atoms with Gasteiger partial charge in [-0.1, -0.05) is 13.3 Å². The zero-order chi connectivity index (χ0) is 12.0. The molecule has 1 aliphatic rings. The van der Waals surface area contributed by atoms with E-state index >= 15 is 0 Å². The first-order valence-corrected chi connectivity index (χ1v) is 6.18. The highest BCUT2D eigenvalue weighted by molar-refractivity contribution is 6.32. The van der Waals surface area contributed by atoms with Crippen molar-refractivity contribution in [2.45, 2.75) is 52.0 Å². The molecule has 16 heavy (non-hydrogen) atoms. The van der Waals surface area contributed by atoms with E-state index in [0.29, 0.717) is 6.54 Å². The predicted octanol–water partition coefficient (Wildman–Crippen LogP) is 1.73. The van der Waals surface area contributed by atoms with Gasteiger partial charge in [0.2, 0.25) is 0 Å². The van der Waals surface area contributed by atoms with E-state index in [0.717, 1.165) is 32.1 Å². The van der Waals surface area contributed by atoms with E-state index in [2.05, 4.69) is 6.92 Å². The molecule has 0 bridgehead atoms. The van der Waals surface area contributed by atoms with Crippen LogP contribution >= 0.6 is 0 Å². The van der Waals surface area contributed by atoms with Crippen molar-refractivity contribution >= 4 is 11.9 Å². The Labute approximate surface area is 96.9 Å². The van der Waals surface area contributed by atoms with Crippen molar-refractivity contribution in [1.29, 1.82) is 0 Å². The van der Waals surface area contributed by atoms with Crippen LogP contribution in [0.1, 0.15) is 46.0 Å². The van der Waals surface area contributed by atoms with Crippen LogP contribution in [0.2, 0.25) is 0 Å². The van der Waals surface area contributed by atoms with Crippen molar-refractivity contribution < 1.29 is 14.3 Å². The number of carbonyl (C=O) groups excluding carboxylic acids is 2. The van der Waals surface area contributed by atoms with Crippen LogP contribution in [0, 0.1) is 0 Å². The third-order valence-corrected chi connectivity index (χ3v) is 2.96. The van der Waals surface area contributed by atoms with Crippen LogP contribution in [0.15, 0.2) is 0 Å². The van der Waals surface area contributed by atoms with Gasteiger partial charge in [-0.15, -0.1) is 0 Å². The average molecular weight is 227 g/mol. The fourth-order valence-electron chi connectivity index (χ4n) is 2.21. The van der Waals surface area contributed by atoms with Crippen LogP contribution in [0.4, 0.5) is 0 Å². The summed E-state index contributed by atoms with van der Waals surface area (Å²) in [6.45, 7) is 4.77. The zero-order valence-electron chi connectivity index (χ0n) is 10.2. The Morgan fingerprint density at radius 3 is 2.69 bits per heavy atom. The normalized spacial score (nSPS) is 20.6. The highest BCUT2D eigenvalue weighted by Crippen LogP contribution is 2.21. The standard InChI is InChI=1S/C12H21NO3/c1-3-7-10-8-5-6-9-13(10)11(14)12(15)16-4-2/h10H,3-9H2,1-2H3. The number of carbonyl (C=O) groups is 2. The number of amides is 1. The molecule has 0 aliphatic carbocycles. The highest BCUT2D eigenvalue weighted by Gasteiger charge is 2.30. The van der Waals surface area contributed by atoms with Gasteiger partial charge >= 0.3 is 11.9 Å². The number of esters is 1. The lowest BCUT2D eigenvalue weighted by molar-refractivity contribution is -0.161. The van der Waals surface area contributed by atoms with Gasteiger partial charge in [-0.25, -0.2) is 4.79 Å². The minimum absolute atomic E-state index is 0.232. The van der Waals surface area contributed by atoms with E-state index in [4.69, 9.17) is 4.74 Å². The number of rotatable bonds is 3. The molecule has 4 heteroatoms. The van der Waals surface area contributed by atoms with Crippen molar-refractivity contribution in [3.8, 4) is 0 Å². The van der Waals surface area contributed by atoms with Crippen molar-refractivity contribution in [2.24, 2.45) is 0 Å². The number of likely N-dealkylation sites (tertiary alicyclic amines) is 1. The lowest BCUT2D eigenvalue weighted by atomic mass is 9.98. The van der Waals surface area contributed by atoms with E-state index in [1.165, 1.54) is 0 Å². The van der Waals surface area contributed by atoms with Crippen molar-refractivity contribution in [2.75, 3.05) is 13.2 Å². The topological polar surface area (TPSA) is 46.6 Å². The molecule has 0 spiro atoms. The lowest BCUT2D eigenvalue weighted by Crippen LogP contribution is -2.47. The molecule has 0 aromatic carbocycles.